The number of rotatable bonds is 6. The first-order valence-corrected chi connectivity index (χ1v) is 6.05. The molecular weight excluding hydrogens is 272 g/mol. The Labute approximate surface area is 114 Å². The standard InChI is InChI=1S/C12H15F2N3O3/c1-3-16(4-2)11(18)7-15-10-6-8(13)5-9(14)12(10)17(19)20/h5-6,15H,3-4,7H2,1-2H3. The van der Waals surface area contributed by atoms with Crippen LogP contribution in [-0.4, -0.2) is 35.4 Å². The van der Waals surface area contributed by atoms with E-state index in [-0.39, 0.29) is 18.1 Å². The summed E-state index contributed by atoms with van der Waals surface area (Å²) in [5.41, 5.74) is -1.23. The molecule has 0 heterocycles. The van der Waals surface area contributed by atoms with Crippen LogP contribution >= 0.6 is 0 Å². The highest BCUT2D eigenvalue weighted by Gasteiger charge is 2.22. The number of benzene rings is 1. The van der Waals surface area contributed by atoms with Crippen molar-refractivity contribution < 1.29 is 18.5 Å². The minimum absolute atomic E-state index is 0.272. The van der Waals surface area contributed by atoms with Gasteiger partial charge in [-0.15, -0.1) is 0 Å². The van der Waals surface area contributed by atoms with Gasteiger partial charge in [-0.25, -0.2) is 4.39 Å². The molecule has 1 amide bonds. The van der Waals surface area contributed by atoms with E-state index in [0.717, 1.165) is 6.07 Å². The summed E-state index contributed by atoms with van der Waals surface area (Å²) in [7, 11) is 0. The lowest BCUT2D eigenvalue weighted by atomic mass is 10.2. The third-order valence-electron chi connectivity index (χ3n) is 2.76. The third kappa shape index (κ3) is 3.62. The maximum absolute atomic E-state index is 13.4. The molecule has 0 aliphatic heterocycles. The van der Waals surface area contributed by atoms with E-state index in [1.165, 1.54) is 4.90 Å². The molecule has 0 unspecified atom stereocenters. The Morgan fingerprint density at radius 3 is 2.45 bits per heavy atom. The van der Waals surface area contributed by atoms with Crippen LogP contribution < -0.4 is 5.32 Å². The van der Waals surface area contributed by atoms with Crippen molar-refractivity contribution in [1.29, 1.82) is 0 Å². The largest absolute Gasteiger partial charge is 0.370 e. The number of hydrogen-bond donors (Lipinski definition) is 1. The molecule has 0 saturated heterocycles. The predicted molar refractivity (Wildman–Crippen MR) is 69.4 cm³/mol. The summed E-state index contributed by atoms with van der Waals surface area (Å²) in [6, 6.07) is 1.21. The molecule has 110 valence electrons. The lowest BCUT2D eigenvalue weighted by molar-refractivity contribution is -0.386. The molecule has 1 aromatic carbocycles. The van der Waals surface area contributed by atoms with Crippen molar-refractivity contribution in [1.82, 2.24) is 4.90 Å². The van der Waals surface area contributed by atoms with Crippen molar-refractivity contribution in [2.75, 3.05) is 25.0 Å². The number of nitro benzene ring substituents is 1. The van der Waals surface area contributed by atoms with E-state index in [0.29, 0.717) is 19.2 Å². The molecule has 0 aliphatic carbocycles. The van der Waals surface area contributed by atoms with Crippen LogP contribution in [0, 0.1) is 21.7 Å². The number of carbonyl (C=O) groups excluding carboxylic acids is 1. The van der Waals surface area contributed by atoms with Crippen LogP contribution in [-0.2, 0) is 4.79 Å². The first-order valence-electron chi connectivity index (χ1n) is 6.05. The van der Waals surface area contributed by atoms with E-state index < -0.39 is 22.2 Å². The second-order valence-corrected chi connectivity index (χ2v) is 3.96. The van der Waals surface area contributed by atoms with Gasteiger partial charge in [0.15, 0.2) is 0 Å². The fraction of sp³-hybridized carbons (Fsp3) is 0.417. The highest BCUT2D eigenvalue weighted by molar-refractivity contribution is 5.81. The van der Waals surface area contributed by atoms with Gasteiger partial charge >= 0.3 is 5.69 Å². The summed E-state index contributed by atoms with van der Waals surface area (Å²) < 4.78 is 26.4. The zero-order chi connectivity index (χ0) is 15.3. The van der Waals surface area contributed by atoms with E-state index in [4.69, 9.17) is 0 Å². The van der Waals surface area contributed by atoms with Crippen molar-refractivity contribution in [3.05, 3.63) is 33.9 Å². The molecule has 1 rings (SSSR count). The second kappa shape index (κ2) is 6.78. The average molecular weight is 287 g/mol. The van der Waals surface area contributed by atoms with Gasteiger partial charge in [-0.3, -0.25) is 14.9 Å². The van der Waals surface area contributed by atoms with Gasteiger partial charge < -0.3 is 10.2 Å². The van der Waals surface area contributed by atoms with E-state index >= 15 is 0 Å². The highest BCUT2D eigenvalue weighted by atomic mass is 19.1. The number of hydrogen-bond acceptors (Lipinski definition) is 4. The van der Waals surface area contributed by atoms with Gasteiger partial charge in [0.25, 0.3) is 0 Å². The molecule has 0 saturated carbocycles. The molecule has 1 N–H and O–H groups in total. The second-order valence-electron chi connectivity index (χ2n) is 3.96. The number of anilines is 1. The van der Waals surface area contributed by atoms with Crippen LogP contribution in [0.3, 0.4) is 0 Å². The SMILES string of the molecule is CCN(CC)C(=O)CNc1cc(F)cc(F)c1[N+](=O)[O-]. The van der Waals surface area contributed by atoms with Crippen LogP contribution in [0.1, 0.15) is 13.8 Å². The third-order valence-corrected chi connectivity index (χ3v) is 2.76. The molecule has 0 bridgehead atoms. The monoisotopic (exact) mass is 287 g/mol. The molecule has 0 spiro atoms. The Bertz CT molecular complexity index is 519. The van der Waals surface area contributed by atoms with Gasteiger partial charge in [0.05, 0.1) is 11.5 Å². The molecular formula is C12H15F2N3O3. The summed E-state index contributed by atoms with van der Waals surface area (Å²) in [5, 5.41) is 13.2. The van der Waals surface area contributed by atoms with Crippen LogP contribution in [0.4, 0.5) is 20.2 Å². The molecule has 0 radical (unpaired) electrons. The molecule has 0 fully saturated rings. The van der Waals surface area contributed by atoms with Gasteiger partial charge in [0.1, 0.15) is 11.5 Å². The molecule has 20 heavy (non-hydrogen) atoms. The lowest BCUT2D eigenvalue weighted by Crippen LogP contribution is -2.35. The van der Waals surface area contributed by atoms with E-state index in [9.17, 15) is 23.7 Å². The number of nitrogens with one attached hydrogen (secondary N) is 1. The first-order chi connectivity index (χ1) is 9.40. The zero-order valence-corrected chi connectivity index (χ0v) is 11.2. The van der Waals surface area contributed by atoms with Gasteiger partial charge in [-0.1, -0.05) is 0 Å². The lowest BCUT2D eigenvalue weighted by Gasteiger charge is -2.19. The molecule has 8 heteroatoms. The van der Waals surface area contributed by atoms with E-state index in [1.807, 2.05) is 0 Å². The topological polar surface area (TPSA) is 75.5 Å². The van der Waals surface area contributed by atoms with Crippen molar-refractivity contribution in [2.24, 2.45) is 0 Å². The van der Waals surface area contributed by atoms with Crippen molar-refractivity contribution >= 4 is 17.3 Å². The highest BCUT2D eigenvalue weighted by Crippen LogP contribution is 2.28. The van der Waals surface area contributed by atoms with Crippen LogP contribution in [0.5, 0.6) is 0 Å². The number of amides is 1. The molecule has 6 nitrogen and oxygen atoms in total. The fourth-order valence-corrected chi connectivity index (χ4v) is 1.75. The molecule has 0 aliphatic rings. The summed E-state index contributed by atoms with van der Waals surface area (Å²) in [6.07, 6.45) is 0. The van der Waals surface area contributed by atoms with Crippen molar-refractivity contribution in [3.8, 4) is 0 Å². The van der Waals surface area contributed by atoms with Gasteiger partial charge in [-0.2, -0.15) is 4.39 Å². The maximum Gasteiger partial charge on any atom is 0.327 e. The smallest absolute Gasteiger partial charge is 0.327 e. The Hall–Kier alpha value is -2.25. The van der Waals surface area contributed by atoms with Crippen LogP contribution in [0.2, 0.25) is 0 Å². The zero-order valence-electron chi connectivity index (χ0n) is 11.2. The minimum Gasteiger partial charge on any atom is -0.370 e. The van der Waals surface area contributed by atoms with Gasteiger partial charge in [0, 0.05) is 25.2 Å². The van der Waals surface area contributed by atoms with Crippen molar-refractivity contribution in [2.45, 2.75) is 13.8 Å². The van der Waals surface area contributed by atoms with Gasteiger partial charge in [0.2, 0.25) is 11.7 Å². The number of nitrogens with zero attached hydrogens (tertiary/aromatic N) is 2. The first kappa shape index (κ1) is 15.8. The maximum atomic E-state index is 13.4. The van der Waals surface area contributed by atoms with Gasteiger partial charge in [-0.05, 0) is 13.8 Å². The Balaban J connectivity index is 2.92. The van der Waals surface area contributed by atoms with Crippen molar-refractivity contribution in [3.63, 3.8) is 0 Å². The molecule has 0 aromatic heterocycles. The van der Waals surface area contributed by atoms with Crippen LogP contribution in [0.25, 0.3) is 0 Å². The molecule has 1 aromatic rings. The Morgan fingerprint density at radius 2 is 1.95 bits per heavy atom. The average Bonchev–Trinajstić information content (AvgIpc) is 2.36. The summed E-state index contributed by atoms with van der Waals surface area (Å²) in [5.74, 6) is -2.55. The number of carbonyl (C=O) groups is 1. The minimum atomic E-state index is -1.28. The molecule has 0 atom stereocenters. The normalized spacial score (nSPS) is 10.2. The van der Waals surface area contributed by atoms with E-state index in [2.05, 4.69) is 5.32 Å². The van der Waals surface area contributed by atoms with Crippen LogP contribution in [0.15, 0.2) is 12.1 Å². The number of likely N-dealkylation sites (N-methyl/N-ethyl adjacent to an activating group) is 1. The Kier molecular flexibility index (Phi) is 5.36. The summed E-state index contributed by atoms with van der Waals surface area (Å²) in [4.78, 5) is 23.0. The van der Waals surface area contributed by atoms with E-state index in [1.54, 1.807) is 13.8 Å². The number of halogens is 2. The number of nitro groups is 1. The summed E-state index contributed by atoms with van der Waals surface area (Å²) >= 11 is 0. The predicted octanol–water partition coefficient (Wildman–Crippen LogP) is 2.15. The summed E-state index contributed by atoms with van der Waals surface area (Å²) in [6.45, 7) is 4.26. The Morgan fingerprint density at radius 1 is 1.35 bits per heavy atom. The quantitative estimate of drug-likeness (QED) is 0.642. The fourth-order valence-electron chi connectivity index (χ4n) is 1.75.